The van der Waals surface area contributed by atoms with Gasteiger partial charge in [-0.1, -0.05) is 11.6 Å². The number of amides is 1. The van der Waals surface area contributed by atoms with E-state index in [-0.39, 0.29) is 11.9 Å². The number of likely N-dealkylation sites (N-methyl/N-ethyl adjacent to an activating group) is 1. The Labute approximate surface area is 92.5 Å². The van der Waals surface area contributed by atoms with Crippen LogP contribution in [0, 0.1) is 0 Å². The number of hydrogen-bond donors (Lipinski definition) is 1. The van der Waals surface area contributed by atoms with Gasteiger partial charge in [0.05, 0.1) is 10.4 Å². The van der Waals surface area contributed by atoms with E-state index < -0.39 is 0 Å². The minimum atomic E-state index is -0.310. The highest BCUT2D eigenvalue weighted by atomic mass is 35.5. The number of thiophene rings is 1. The highest BCUT2D eigenvalue weighted by molar-refractivity contribution is 7.16. The summed E-state index contributed by atoms with van der Waals surface area (Å²) in [6, 6.07) is 3.55. The Hall–Kier alpha value is -0.580. The molecule has 0 aliphatic heterocycles. The Kier molecular flexibility index (Phi) is 3.92. The van der Waals surface area contributed by atoms with Crippen LogP contribution in [0.2, 0.25) is 4.34 Å². The summed E-state index contributed by atoms with van der Waals surface area (Å²) in [7, 11) is 1.86. The molecule has 1 heterocycles. The summed E-state index contributed by atoms with van der Waals surface area (Å²) >= 11 is 7.31. The van der Waals surface area contributed by atoms with Crippen LogP contribution in [0.4, 0.5) is 0 Å². The maximum Gasteiger partial charge on any atom is 0.234 e. The van der Waals surface area contributed by atoms with Crippen molar-refractivity contribution in [3.8, 4) is 0 Å². The molecule has 1 amide bonds. The van der Waals surface area contributed by atoms with Crippen LogP contribution in [-0.4, -0.2) is 23.9 Å². The Morgan fingerprint density at radius 2 is 2.36 bits per heavy atom. The molecule has 1 atom stereocenters. The summed E-state index contributed by atoms with van der Waals surface area (Å²) in [5.74, 6) is -0.310. The van der Waals surface area contributed by atoms with Gasteiger partial charge >= 0.3 is 0 Å². The molecule has 1 aromatic heterocycles. The van der Waals surface area contributed by atoms with Crippen molar-refractivity contribution in [1.29, 1.82) is 0 Å². The first kappa shape index (κ1) is 11.5. The first-order valence-electron chi connectivity index (χ1n) is 4.24. The Morgan fingerprint density at radius 3 is 2.79 bits per heavy atom. The van der Waals surface area contributed by atoms with Gasteiger partial charge in [-0.25, -0.2) is 0 Å². The van der Waals surface area contributed by atoms with Crippen LogP contribution in [0.1, 0.15) is 11.8 Å². The lowest BCUT2D eigenvalue weighted by Gasteiger charge is -2.20. The quantitative estimate of drug-likeness (QED) is 0.859. The van der Waals surface area contributed by atoms with Crippen LogP contribution >= 0.6 is 22.9 Å². The molecule has 0 bridgehead atoms. The minimum absolute atomic E-state index is 0.254. The maximum atomic E-state index is 10.9. The van der Waals surface area contributed by atoms with Gasteiger partial charge < -0.3 is 5.73 Å². The lowest BCUT2D eigenvalue weighted by molar-refractivity contribution is -0.122. The van der Waals surface area contributed by atoms with Crippen molar-refractivity contribution in [3.63, 3.8) is 0 Å². The third kappa shape index (κ3) is 2.97. The lowest BCUT2D eigenvalue weighted by Crippen LogP contribution is -2.39. The van der Waals surface area contributed by atoms with Gasteiger partial charge in [-0.3, -0.25) is 9.69 Å². The molecule has 0 radical (unpaired) electrons. The van der Waals surface area contributed by atoms with Crippen molar-refractivity contribution in [2.24, 2.45) is 5.73 Å². The molecule has 0 fully saturated rings. The second-order valence-electron chi connectivity index (χ2n) is 3.20. The second kappa shape index (κ2) is 4.77. The SMILES string of the molecule is C[C@@H](C(N)=O)N(C)Cc1ccc(Cl)s1. The average Bonchev–Trinajstić information content (AvgIpc) is 2.49. The molecule has 14 heavy (non-hydrogen) atoms. The molecule has 0 unspecified atom stereocenters. The molecule has 0 aromatic carbocycles. The number of rotatable bonds is 4. The zero-order valence-electron chi connectivity index (χ0n) is 8.16. The maximum absolute atomic E-state index is 10.9. The fourth-order valence-electron chi connectivity index (χ4n) is 1.04. The Balaban J connectivity index is 2.56. The van der Waals surface area contributed by atoms with Crippen LogP contribution in [0.3, 0.4) is 0 Å². The predicted molar refractivity (Wildman–Crippen MR) is 59.5 cm³/mol. The molecule has 0 aliphatic rings. The number of hydrogen-bond acceptors (Lipinski definition) is 3. The van der Waals surface area contributed by atoms with Gasteiger partial charge in [0.1, 0.15) is 0 Å². The highest BCUT2D eigenvalue weighted by Crippen LogP contribution is 2.22. The molecule has 0 aliphatic carbocycles. The molecule has 0 spiro atoms. The largest absolute Gasteiger partial charge is 0.368 e. The third-order valence-electron chi connectivity index (χ3n) is 2.11. The number of primary amides is 1. The Bertz CT molecular complexity index is 326. The zero-order chi connectivity index (χ0) is 10.7. The zero-order valence-corrected chi connectivity index (χ0v) is 9.73. The molecular formula is C9H13ClN2OS. The fourth-order valence-corrected chi connectivity index (χ4v) is 2.19. The second-order valence-corrected chi connectivity index (χ2v) is 5.00. The van der Waals surface area contributed by atoms with Crippen molar-refractivity contribution in [2.75, 3.05) is 7.05 Å². The van der Waals surface area contributed by atoms with Gasteiger partial charge in [-0.05, 0) is 26.1 Å². The van der Waals surface area contributed by atoms with Gasteiger partial charge in [0.25, 0.3) is 0 Å². The summed E-state index contributed by atoms with van der Waals surface area (Å²) in [5.41, 5.74) is 5.19. The molecule has 1 rings (SSSR count). The summed E-state index contributed by atoms with van der Waals surface area (Å²) in [4.78, 5) is 13.9. The molecular weight excluding hydrogens is 220 g/mol. The van der Waals surface area contributed by atoms with E-state index in [1.165, 1.54) is 11.3 Å². The predicted octanol–water partition coefficient (Wildman–Crippen LogP) is 1.71. The monoisotopic (exact) mass is 232 g/mol. The van der Waals surface area contributed by atoms with E-state index in [0.29, 0.717) is 6.54 Å². The van der Waals surface area contributed by atoms with Crippen LogP contribution < -0.4 is 5.73 Å². The third-order valence-corrected chi connectivity index (χ3v) is 3.32. The van der Waals surface area contributed by atoms with Gasteiger partial charge in [0.15, 0.2) is 0 Å². The molecule has 0 saturated carbocycles. The number of nitrogens with zero attached hydrogens (tertiary/aromatic N) is 1. The van der Waals surface area contributed by atoms with E-state index in [4.69, 9.17) is 17.3 Å². The van der Waals surface area contributed by atoms with Crippen molar-refractivity contribution < 1.29 is 4.79 Å². The van der Waals surface area contributed by atoms with Crippen molar-refractivity contribution in [1.82, 2.24) is 4.90 Å². The van der Waals surface area contributed by atoms with E-state index in [1.54, 1.807) is 6.92 Å². The number of carbonyl (C=O) groups is 1. The van der Waals surface area contributed by atoms with Crippen molar-refractivity contribution >= 4 is 28.8 Å². The van der Waals surface area contributed by atoms with Gasteiger partial charge in [0.2, 0.25) is 5.91 Å². The molecule has 5 heteroatoms. The van der Waals surface area contributed by atoms with E-state index in [0.717, 1.165) is 9.21 Å². The van der Waals surface area contributed by atoms with E-state index in [1.807, 2.05) is 24.1 Å². The average molecular weight is 233 g/mol. The van der Waals surface area contributed by atoms with E-state index in [9.17, 15) is 4.79 Å². The van der Waals surface area contributed by atoms with E-state index >= 15 is 0 Å². The highest BCUT2D eigenvalue weighted by Gasteiger charge is 2.15. The smallest absolute Gasteiger partial charge is 0.234 e. The first-order chi connectivity index (χ1) is 6.50. The number of nitrogens with two attached hydrogens (primary N) is 1. The van der Waals surface area contributed by atoms with Gasteiger partial charge in [-0.15, -0.1) is 11.3 Å². The number of halogens is 1. The summed E-state index contributed by atoms with van der Waals surface area (Å²) in [6.45, 7) is 2.49. The van der Waals surface area contributed by atoms with Gasteiger partial charge in [0, 0.05) is 11.4 Å². The molecule has 1 aromatic rings. The van der Waals surface area contributed by atoms with E-state index in [2.05, 4.69) is 0 Å². The first-order valence-corrected chi connectivity index (χ1v) is 5.44. The molecule has 78 valence electrons. The Morgan fingerprint density at radius 1 is 1.71 bits per heavy atom. The van der Waals surface area contributed by atoms with Crippen LogP contribution in [-0.2, 0) is 11.3 Å². The van der Waals surface area contributed by atoms with Crippen LogP contribution in [0.25, 0.3) is 0 Å². The lowest BCUT2D eigenvalue weighted by atomic mass is 10.3. The molecule has 0 saturated heterocycles. The van der Waals surface area contributed by atoms with Crippen LogP contribution in [0.5, 0.6) is 0 Å². The number of carbonyl (C=O) groups excluding carboxylic acids is 1. The summed E-state index contributed by atoms with van der Waals surface area (Å²) in [5, 5.41) is 0. The van der Waals surface area contributed by atoms with Crippen LogP contribution in [0.15, 0.2) is 12.1 Å². The topological polar surface area (TPSA) is 46.3 Å². The van der Waals surface area contributed by atoms with Crippen molar-refractivity contribution in [3.05, 3.63) is 21.3 Å². The molecule has 3 nitrogen and oxygen atoms in total. The summed E-state index contributed by atoms with van der Waals surface area (Å²) < 4.78 is 0.764. The normalized spacial score (nSPS) is 13.1. The minimum Gasteiger partial charge on any atom is -0.368 e. The standard InChI is InChI=1S/C9H13ClN2OS/c1-6(9(11)13)12(2)5-7-3-4-8(10)14-7/h3-4,6H,5H2,1-2H3,(H2,11,13)/t6-/m0/s1. The van der Waals surface area contributed by atoms with Gasteiger partial charge in [-0.2, -0.15) is 0 Å². The summed E-state index contributed by atoms with van der Waals surface area (Å²) in [6.07, 6.45) is 0. The fraction of sp³-hybridized carbons (Fsp3) is 0.444. The molecule has 2 N–H and O–H groups in total. The van der Waals surface area contributed by atoms with Crippen molar-refractivity contribution in [2.45, 2.75) is 19.5 Å².